The van der Waals surface area contributed by atoms with Crippen LogP contribution in [-0.4, -0.2) is 31.4 Å². The molecule has 3 N–H and O–H groups in total. The second-order valence-corrected chi connectivity index (χ2v) is 7.31. The van der Waals surface area contributed by atoms with Crippen molar-refractivity contribution >= 4 is 28.1 Å². The van der Waals surface area contributed by atoms with E-state index in [9.17, 15) is 13.5 Å². The summed E-state index contributed by atoms with van der Waals surface area (Å²) in [7, 11) is -3.53. The summed E-state index contributed by atoms with van der Waals surface area (Å²) in [6.07, 6.45) is 0.899. The minimum absolute atomic E-state index is 0. The van der Waals surface area contributed by atoms with Crippen molar-refractivity contribution in [1.29, 1.82) is 0 Å². The summed E-state index contributed by atoms with van der Waals surface area (Å²) in [4.78, 5) is 0. The van der Waals surface area contributed by atoms with E-state index in [0.717, 1.165) is 19.5 Å². The minimum atomic E-state index is -3.53. The molecule has 0 spiro atoms. The van der Waals surface area contributed by atoms with Gasteiger partial charge in [-0.05, 0) is 50.1 Å². The van der Waals surface area contributed by atoms with E-state index in [0.29, 0.717) is 5.69 Å². The Morgan fingerprint density at radius 1 is 1.35 bits per heavy atom. The zero-order valence-corrected chi connectivity index (χ0v) is 13.3. The van der Waals surface area contributed by atoms with E-state index < -0.39 is 15.6 Å². The van der Waals surface area contributed by atoms with Crippen molar-refractivity contribution in [3.05, 3.63) is 29.3 Å². The van der Waals surface area contributed by atoms with Crippen LogP contribution < -0.4 is 10.0 Å². The Kier molecular flexibility index (Phi) is 5.43. The molecule has 0 aromatic heterocycles. The normalized spacial score (nSPS) is 15.2. The molecule has 7 heteroatoms. The fourth-order valence-corrected chi connectivity index (χ4v) is 3.71. The van der Waals surface area contributed by atoms with Gasteiger partial charge >= 0.3 is 0 Å². The molecule has 0 aliphatic carbocycles. The van der Waals surface area contributed by atoms with Gasteiger partial charge in [-0.25, -0.2) is 8.42 Å². The molecule has 0 atom stereocenters. The number of halogens is 1. The fraction of sp³-hybridized carbons (Fsp3) is 0.538. The van der Waals surface area contributed by atoms with E-state index in [2.05, 4.69) is 10.0 Å². The van der Waals surface area contributed by atoms with Gasteiger partial charge in [0, 0.05) is 12.2 Å². The average Bonchev–Trinajstić information content (AvgIpc) is 2.24. The first kappa shape index (κ1) is 17.2. The van der Waals surface area contributed by atoms with E-state index >= 15 is 0 Å². The summed E-state index contributed by atoms with van der Waals surface area (Å²) in [5.41, 5.74) is 1.69. The smallest absolute Gasteiger partial charge is 0.235 e. The number of anilines is 1. The van der Waals surface area contributed by atoms with Crippen LogP contribution in [0.1, 0.15) is 25.0 Å². The molecule has 0 saturated carbocycles. The number of benzene rings is 1. The zero-order valence-electron chi connectivity index (χ0n) is 11.6. The van der Waals surface area contributed by atoms with E-state index in [1.165, 1.54) is 25.0 Å². The van der Waals surface area contributed by atoms with Crippen LogP contribution in [0.2, 0.25) is 0 Å². The van der Waals surface area contributed by atoms with Gasteiger partial charge in [-0.2, -0.15) is 0 Å². The third kappa shape index (κ3) is 4.94. The summed E-state index contributed by atoms with van der Waals surface area (Å²) in [5, 5.41) is 12.9. The van der Waals surface area contributed by atoms with Crippen molar-refractivity contribution in [3.8, 4) is 0 Å². The van der Waals surface area contributed by atoms with Gasteiger partial charge in [0.25, 0.3) is 0 Å². The number of nitrogens with one attached hydrogen (secondary N) is 2. The Morgan fingerprint density at radius 3 is 2.70 bits per heavy atom. The molecule has 0 amide bonds. The van der Waals surface area contributed by atoms with Crippen molar-refractivity contribution in [3.63, 3.8) is 0 Å². The van der Waals surface area contributed by atoms with Crippen LogP contribution in [0, 0.1) is 0 Å². The van der Waals surface area contributed by atoms with Crippen molar-refractivity contribution in [1.82, 2.24) is 5.32 Å². The SMILES string of the molecule is CC(C)(O)CS(=O)(=O)Nc1ccc2c(c1)CCNC2.Cl. The van der Waals surface area contributed by atoms with Crippen LogP contribution in [0.15, 0.2) is 18.2 Å². The van der Waals surface area contributed by atoms with Gasteiger partial charge in [0.15, 0.2) is 0 Å². The number of rotatable bonds is 4. The van der Waals surface area contributed by atoms with E-state index in [1.807, 2.05) is 12.1 Å². The molecule has 1 aromatic rings. The predicted molar refractivity (Wildman–Crippen MR) is 82.8 cm³/mol. The monoisotopic (exact) mass is 320 g/mol. The molecular formula is C13H21ClN2O3S. The molecule has 1 aliphatic heterocycles. The van der Waals surface area contributed by atoms with Crippen molar-refractivity contribution < 1.29 is 13.5 Å². The number of hydrogen-bond donors (Lipinski definition) is 3. The molecule has 1 heterocycles. The molecular weight excluding hydrogens is 300 g/mol. The van der Waals surface area contributed by atoms with Crippen LogP contribution in [-0.2, 0) is 23.0 Å². The Morgan fingerprint density at radius 2 is 2.05 bits per heavy atom. The van der Waals surface area contributed by atoms with Gasteiger partial charge in [0.05, 0.1) is 11.4 Å². The van der Waals surface area contributed by atoms with Gasteiger partial charge < -0.3 is 10.4 Å². The van der Waals surface area contributed by atoms with Gasteiger partial charge in [0.2, 0.25) is 10.0 Å². The first-order valence-electron chi connectivity index (χ1n) is 6.31. The lowest BCUT2D eigenvalue weighted by molar-refractivity contribution is 0.105. The standard InChI is InChI=1S/C13H20N2O3S.ClH/c1-13(2,16)9-19(17,18)15-12-4-3-11-8-14-6-5-10(11)7-12;/h3-4,7,14-16H,5-6,8-9H2,1-2H3;1H. The first-order valence-corrected chi connectivity index (χ1v) is 7.96. The second kappa shape index (κ2) is 6.30. The van der Waals surface area contributed by atoms with Crippen molar-refractivity contribution in [2.75, 3.05) is 17.0 Å². The molecule has 0 bridgehead atoms. The molecule has 20 heavy (non-hydrogen) atoms. The largest absolute Gasteiger partial charge is 0.389 e. The average molecular weight is 321 g/mol. The summed E-state index contributed by atoms with van der Waals surface area (Å²) < 4.78 is 26.3. The third-order valence-corrected chi connectivity index (χ3v) is 4.54. The number of aliphatic hydroxyl groups is 1. The molecule has 1 aliphatic rings. The third-order valence-electron chi connectivity index (χ3n) is 2.91. The van der Waals surface area contributed by atoms with Gasteiger partial charge in [-0.3, -0.25) is 4.72 Å². The molecule has 2 rings (SSSR count). The topological polar surface area (TPSA) is 78.4 Å². The highest BCUT2D eigenvalue weighted by Gasteiger charge is 2.23. The maximum atomic E-state index is 11.9. The molecule has 114 valence electrons. The molecule has 0 radical (unpaired) electrons. The highest BCUT2D eigenvalue weighted by molar-refractivity contribution is 7.92. The minimum Gasteiger partial charge on any atom is -0.389 e. The lowest BCUT2D eigenvalue weighted by Crippen LogP contribution is -2.33. The number of hydrogen-bond acceptors (Lipinski definition) is 4. The predicted octanol–water partition coefficient (Wildman–Crippen LogP) is 1.27. The molecule has 0 saturated heterocycles. The summed E-state index contributed by atoms with van der Waals surface area (Å²) in [5.74, 6) is -0.321. The Balaban J connectivity index is 0.00000200. The van der Waals surface area contributed by atoms with Crippen LogP contribution in [0.5, 0.6) is 0 Å². The fourth-order valence-electron chi connectivity index (χ4n) is 2.22. The number of fused-ring (bicyclic) bond motifs is 1. The Hall–Kier alpha value is -0.820. The van der Waals surface area contributed by atoms with E-state index in [-0.39, 0.29) is 18.2 Å². The second-order valence-electron chi connectivity index (χ2n) is 5.58. The van der Waals surface area contributed by atoms with Gasteiger partial charge in [-0.15, -0.1) is 12.4 Å². The maximum absolute atomic E-state index is 11.9. The van der Waals surface area contributed by atoms with Crippen LogP contribution in [0.3, 0.4) is 0 Å². The molecule has 1 aromatic carbocycles. The Labute approximate surface area is 126 Å². The van der Waals surface area contributed by atoms with E-state index in [1.54, 1.807) is 6.07 Å². The Bertz CT molecular complexity index is 567. The van der Waals surface area contributed by atoms with Crippen LogP contribution >= 0.6 is 12.4 Å². The number of sulfonamides is 1. The quantitative estimate of drug-likeness (QED) is 0.780. The maximum Gasteiger partial charge on any atom is 0.235 e. The van der Waals surface area contributed by atoms with Crippen LogP contribution in [0.25, 0.3) is 0 Å². The van der Waals surface area contributed by atoms with Crippen molar-refractivity contribution in [2.45, 2.75) is 32.4 Å². The van der Waals surface area contributed by atoms with E-state index in [4.69, 9.17) is 0 Å². The lowest BCUT2D eigenvalue weighted by Gasteiger charge is -2.20. The van der Waals surface area contributed by atoms with Gasteiger partial charge in [0.1, 0.15) is 0 Å². The first-order chi connectivity index (χ1) is 8.75. The highest BCUT2D eigenvalue weighted by Crippen LogP contribution is 2.20. The summed E-state index contributed by atoms with van der Waals surface area (Å²) in [6.45, 7) is 4.69. The summed E-state index contributed by atoms with van der Waals surface area (Å²) >= 11 is 0. The van der Waals surface area contributed by atoms with Gasteiger partial charge in [-0.1, -0.05) is 6.07 Å². The zero-order chi connectivity index (χ0) is 14.1. The lowest BCUT2D eigenvalue weighted by atomic mass is 10.0. The summed E-state index contributed by atoms with van der Waals surface area (Å²) in [6, 6.07) is 5.56. The molecule has 0 fully saturated rings. The molecule has 0 unspecified atom stereocenters. The highest BCUT2D eigenvalue weighted by atomic mass is 35.5. The van der Waals surface area contributed by atoms with Crippen molar-refractivity contribution in [2.24, 2.45) is 0 Å². The van der Waals surface area contributed by atoms with Crippen LogP contribution in [0.4, 0.5) is 5.69 Å². The molecule has 5 nitrogen and oxygen atoms in total.